The fourth-order valence-corrected chi connectivity index (χ4v) is 3.30. The summed E-state index contributed by atoms with van der Waals surface area (Å²) in [5.41, 5.74) is 0.677. The van der Waals surface area contributed by atoms with E-state index in [4.69, 9.17) is 0 Å². The monoisotopic (exact) mass is 390 g/mol. The molecule has 3 aromatic rings. The second-order valence-corrected chi connectivity index (χ2v) is 6.85. The molecule has 7 heteroatoms. The van der Waals surface area contributed by atoms with Crippen LogP contribution >= 0.6 is 11.3 Å². The van der Waals surface area contributed by atoms with Gasteiger partial charge in [-0.3, -0.25) is 4.79 Å². The number of halogens is 3. The molecular formula is C20H17F3N2OS. The Kier molecular flexibility index (Phi) is 5.81. The number of carbonyl (C=O) groups excluding carboxylic acids is 1. The van der Waals surface area contributed by atoms with Gasteiger partial charge in [0.1, 0.15) is 6.04 Å². The normalized spacial score (nSPS) is 12.4. The van der Waals surface area contributed by atoms with Crippen LogP contribution in [0.5, 0.6) is 0 Å². The molecule has 0 aliphatic heterocycles. The predicted molar refractivity (Wildman–Crippen MR) is 100 cm³/mol. The van der Waals surface area contributed by atoms with Crippen molar-refractivity contribution in [2.75, 3.05) is 5.32 Å². The van der Waals surface area contributed by atoms with E-state index in [9.17, 15) is 18.0 Å². The molecule has 0 radical (unpaired) electrons. The molecule has 27 heavy (non-hydrogen) atoms. The van der Waals surface area contributed by atoms with E-state index < -0.39 is 17.8 Å². The Morgan fingerprint density at radius 2 is 1.67 bits per heavy atom. The van der Waals surface area contributed by atoms with Gasteiger partial charge in [-0.25, -0.2) is 0 Å². The number of hydrogen-bond donors (Lipinski definition) is 2. The standard InChI is InChI=1S/C20H17F3N2OS/c21-20(22,23)15-8-10-16(11-9-15)25-18(17-7-4-12-27-17)19(26)24-13-14-5-2-1-3-6-14/h1-12,18,25H,13H2,(H,24,26). The van der Waals surface area contributed by atoms with E-state index in [1.807, 2.05) is 47.8 Å². The van der Waals surface area contributed by atoms with Crippen LogP contribution in [0.2, 0.25) is 0 Å². The zero-order valence-electron chi connectivity index (χ0n) is 14.2. The summed E-state index contributed by atoms with van der Waals surface area (Å²) >= 11 is 1.40. The van der Waals surface area contributed by atoms with Gasteiger partial charge in [0.2, 0.25) is 5.91 Å². The third-order valence-electron chi connectivity index (χ3n) is 3.92. The Morgan fingerprint density at radius 1 is 0.963 bits per heavy atom. The zero-order chi connectivity index (χ0) is 19.3. The fraction of sp³-hybridized carbons (Fsp3) is 0.150. The van der Waals surface area contributed by atoms with Crippen LogP contribution in [0.1, 0.15) is 22.0 Å². The molecule has 0 saturated heterocycles. The second kappa shape index (κ2) is 8.26. The summed E-state index contributed by atoms with van der Waals surface area (Å²) in [6.45, 7) is 0.371. The Hall–Kier alpha value is -2.80. The molecule has 0 aliphatic carbocycles. The molecule has 2 aromatic carbocycles. The maximum atomic E-state index is 12.7. The van der Waals surface area contributed by atoms with Crippen LogP contribution in [0, 0.1) is 0 Å². The lowest BCUT2D eigenvalue weighted by atomic mass is 10.1. The first-order valence-electron chi connectivity index (χ1n) is 8.22. The van der Waals surface area contributed by atoms with E-state index in [0.29, 0.717) is 12.2 Å². The first-order chi connectivity index (χ1) is 12.9. The summed E-state index contributed by atoms with van der Waals surface area (Å²) in [7, 11) is 0. The van der Waals surface area contributed by atoms with Crippen molar-refractivity contribution in [3.05, 3.63) is 88.1 Å². The summed E-state index contributed by atoms with van der Waals surface area (Å²) in [6, 6.07) is 17.1. The lowest BCUT2D eigenvalue weighted by Crippen LogP contribution is -2.32. The van der Waals surface area contributed by atoms with E-state index in [0.717, 1.165) is 22.6 Å². The smallest absolute Gasteiger partial charge is 0.369 e. The lowest BCUT2D eigenvalue weighted by molar-refractivity contribution is -0.137. The SMILES string of the molecule is O=C(NCc1ccccc1)C(Nc1ccc(C(F)(F)F)cc1)c1cccs1. The molecule has 1 atom stereocenters. The third-order valence-corrected chi connectivity index (χ3v) is 4.86. The number of anilines is 1. The highest BCUT2D eigenvalue weighted by Crippen LogP contribution is 2.31. The highest BCUT2D eigenvalue weighted by atomic mass is 32.1. The summed E-state index contributed by atoms with van der Waals surface area (Å²) in [5.74, 6) is -0.249. The number of benzene rings is 2. The van der Waals surface area contributed by atoms with Gasteiger partial charge in [0.25, 0.3) is 0 Å². The van der Waals surface area contributed by atoms with E-state index in [1.54, 1.807) is 0 Å². The number of alkyl halides is 3. The summed E-state index contributed by atoms with van der Waals surface area (Å²) < 4.78 is 38.1. The van der Waals surface area contributed by atoms with Gasteiger partial charge in [-0.2, -0.15) is 13.2 Å². The van der Waals surface area contributed by atoms with Crippen LogP contribution in [0.25, 0.3) is 0 Å². The van der Waals surface area contributed by atoms with Crippen molar-refractivity contribution in [1.82, 2.24) is 5.32 Å². The van der Waals surface area contributed by atoms with Crippen molar-refractivity contribution in [3.8, 4) is 0 Å². The number of amides is 1. The largest absolute Gasteiger partial charge is 0.416 e. The first kappa shape index (κ1) is 19.0. The van der Waals surface area contributed by atoms with Crippen LogP contribution in [-0.4, -0.2) is 5.91 Å². The van der Waals surface area contributed by atoms with E-state index in [1.165, 1.54) is 23.5 Å². The van der Waals surface area contributed by atoms with E-state index >= 15 is 0 Å². The molecule has 0 aliphatic rings. The van der Waals surface area contributed by atoms with Crippen LogP contribution in [0.15, 0.2) is 72.1 Å². The number of hydrogen-bond acceptors (Lipinski definition) is 3. The molecule has 1 heterocycles. The number of rotatable bonds is 6. The Labute approximate surface area is 158 Å². The van der Waals surface area contributed by atoms with Crippen molar-refractivity contribution in [2.24, 2.45) is 0 Å². The van der Waals surface area contributed by atoms with Crippen molar-refractivity contribution < 1.29 is 18.0 Å². The van der Waals surface area contributed by atoms with Gasteiger partial charge in [0.15, 0.2) is 0 Å². The maximum absolute atomic E-state index is 12.7. The van der Waals surface area contributed by atoms with Gasteiger partial charge < -0.3 is 10.6 Å². The quantitative estimate of drug-likeness (QED) is 0.605. The van der Waals surface area contributed by atoms with Gasteiger partial charge in [-0.05, 0) is 41.3 Å². The van der Waals surface area contributed by atoms with Gasteiger partial charge in [-0.1, -0.05) is 36.4 Å². The van der Waals surface area contributed by atoms with Crippen LogP contribution < -0.4 is 10.6 Å². The molecular weight excluding hydrogens is 373 g/mol. The Bertz CT molecular complexity index is 863. The highest BCUT2D eigenvalue weighted by molar-refractivity contribution is 7.10. The molecule has 2 N–H and O–H groups in total. The van der Waals surface area contributed by atoms with Crippen molar-refractivity contribution >= 4 is 22.9 Å². The van der Waals surface area contributed by atoms with E-state index in [2.05, 4.69) is 10.6 Å². The minimum atomic E-state index is -4.39. The van der Waals surface area contributed by atoms with Crippen LogP contribution in [0.4, 0.5) is 18.9 Å². The van der Waals surface area contributed by atoms with Crippen molar-refractivity contribution in [2.45, 2.75) is 18.8 Å². The summed E-state index contributed by atoms with van der Waals surface area (Å²) in [4.78, 5) is 13.5. The first-order valence-corrected chi connectivity index (χ1v) is 9.10. The molecule has 0 fully saturated rings. The molecule has 1 aromatic heterocycles. The Morgan fingerprint density at radius 3 is 2.26 bits per heavy atom. The molecule has 140 valence electrons. The van der Waals surface area contributed by atoms with Gasteiger partial charge in [-0.15, -0.1) is 11.3 Å². The molecule has 3 rings (SSSR count). The minimum absolute atomic E-state index is 0.249. The van der Waals surface area contributed by atoms with Crippen LogP contribution in [-0.2, 0) is 17.5 Å². The lowest BCUT2D eigenvalue weighted by Gasteiger charge is -2.19. The van der Waals surface area contributed by atoms with Crippen molar-refractivity contribution in [3.63, 3.8) is 0 Å². The summed E-state index contributed by atoms with van der Waals surface area (Å²) in [5, 5.41) is 7.74. The van der Waals surface area contributed by atoms with Crippen molar-refractivity contribution in [1.29, 1.82) is 0 Å². The van der Waals surface area contributed by atoms with Gasteiger partial charge >= 0.3 is 6.18 Å². The molecule has 1 unspecified atom stereocenters. The number of nitrogens with one attached hydrogen (secondary N) is 2. The molecule has 0 bridgehead atoms. The van der Waals surface area contributed by atoms with Gasteiger partial charge in [0, 0.05) is 17.1 Å². The number of thiophene rings is 1. The second-order valence-electron chi connectivity index (χ2n) is 5.87. The average molecular weight is 390 g/mol. The predicted octanol–water partition coefficient (Wildman–Crippen LogP) is 5.24. The minimum Gasteiger partial charge on any atom is -0.369 e. The molecule has 0 saturated carbocycles. The average Bonchev–Trinajstić information content (AvgIpc) is 3.19. The molecule has 1 amide bonds. The van der Waals surface area contributed by atoms with Gasteiger partial charge in [0.05, 0.1) is 5.56 Å². The topological polar surface area (TPSA) is 41.1 Å². The molecule has 0 spiro atoms. The van der Waals surface area contributed by atoms with Crippen LogP contribution in [0.3, 0.4) is 0 Å². The molecule has 3 nitrogen and oxygen atoms in total. The summed E-state index contributed by atoms with van der Waals surface area (Å²) in [6.07, 6.45) is -4.39. The van der Waals surface area contributed by atoms with E-state index in [-0.39, 0.29) is 5.91 Å². The zero-order valence-corrected chi connectivity index (χ0v) is 15.0. The fourth-order valence-electron chi connectivity index (χ4n) is 2.53. The highest BCUT2D eigenvalue weighted by Gasteiger charge is 2.30. The Balaban J connectivity index is 1.73. The number of carbonyl (C=O) groups is 1. The maximum Gasteiger partial charge on any atom is 0.416 e. The third kappa shape index (κ3) is 5.10.